The van der Waals surface area contributed by atoms with Gasteiger partial charge in [0.05, 0.1) is 11.3 Å². The highest BCUT2D eigenvalue weighted by atomic mass is 32.2. The van der Waals surface area contributed by atoms with Gasteiger partial charge in [0.15, 0.2) is 6.61 Å². The van der Waals surface area contributed by atoms with Crippen LogP contribution in [0.1, 0.15) is 11.1 Å². The van der Waals surface area contributed by atoms with E-state index in [1.165, 1.54) is 35.6 Å². The Morgan fingerprint density at radius 2 is 1.55 bits per heavy atom. The van der Waals surface area contributed by atoms with Gasteiger partial charge in [-0.25, -0.2) is 8.42 Å². The normalized spacial score (nSPS) is 11.2. The smallest absolute Gasteiger partial charge is 0.262 e. The number of rotatable bonds is 10. The number of carbonyl (C=O) groups excluding carboxylic acids is 2. The lowest BCUT2D eigenvalue weighted by Crippen LogP contribution is -2.26. The van der Waals surface area contributed by atoms with Crippen molar-refractivity contribution in [3.05, 3.63) is 90.0 Å². The molecular weight excluding hydrogens is 442 g/mol. The van der Waals surface area contributed by atoms with Crippen molar-refractivity contribution in [2.45, 2.75) is 17.9 Å². The Balaban J connectivity index is 1.53. The summed E-state index contributed by atoms with van der Waals surface area (Å²) in [5.41, 5.74) is 7.35. The minimum atomic E-state index is -3.67. The first-order chi connectivity index (χ1) is 15.7. The summed E-state index contributed by atoms with van der Waals surface area (Å²) < 4.78 is 32.3. The van der Waals surface area contributed by atoms with Gasteiger partial charge in [-0.2, -0.15) is 4.31 Å². The highest BCUT2D eigenvalue weighted by Gasteiger charge is 2.21. The van der Waals surface area contributed by atoms with Crippen LogP contribution in [-0.4, -0.2) is 38.2 Å². The maximum absolute atomic E-state index is 12.8. The summed E-state index contributed by atoms with van der Waals surface area (Å²) in [5, 5.41) is 2.68. The van der Waals surface area contributed by atoms with Gasteiger partial charge in [-0.3, -0.25) is 9.59 Å². The molecule has 33 heavy (non-hydrogen) atoms. The summed E-state index contributed by atoms with van der Waals surface area (Å²) in [4.78, 5) is 23.2. The van der Waals surface area contributed by atoms with E-state index in [0.29, 0.717) is 11.4 Å². The zero-order valence-electron chi connectivity index (χ0n) is 18.1. The zero-order chi connectivity index (χ0) is 23.8. The Morgan fingerprint density at radius 1 is 0.909 bits per heavy atom. The summed E-state index contributed by atoms with van der Waals surface area (Å²) in [5.74, 6) is -0.439. The molecule has 0 aromatic heterocycles. The van der Waals surface area contributed by atoms with Crippen LogP contribution < -0.4 is 15.8 Å². The van der Waals surface area contributed by atoms with Crippen molar-refractivity contribution >= 4 is 27.5 Å². The number of sulfonamides is 1. The molecule has 0 aliphatic rings. The number of nitrogens with zero attached hydrogens (tertiary/aromatic N) is 1. The molecule has 0 bridgehead atoms. The number of benzene rings is 3. The Labute approximate surface area is 193 Å². The van der Waals surface area contributed by atoms with Crippen molar-refractivity contribution in [2.24, 2.45) is 5.73 Å². The molecule has 0 fully saturated rings. The van der Waals surface area contributed by atoms with E-state index in [4.69, 9.17) is 10.5 Å². The lowest BCUT2D eigenvalue weighted by molar-refractivity contribution is -0.118. The summed E-state index contributed by atoms with van der Waals surface area (Å²) in [6.07, 6.45) is 0.130. The number of hydrogen-bond donors (Lipinski definition) is 2. The van der Waals surface area contributed by atoms with E-state index in [1.54, 1.807) is 24.3 Å². The molecule has 3 N–H and O–H groups in total. The summed E-state index contributed by atoms with van der Waals surface area (Å²) in [6, 6.07) is 22.0. The van der Waals surface area contributed by atoms with Crippen molar-refractivity contribution in [3.8, 4) is 5.75 Å². The van der Waals surface area contributed by atoms with E-state index in [0.717, 1.165) is 11.1 Å². The highest BCUT2D eigenvalue weighted by Crippen LogP contribution is 2.20. The summed E-state index contributed by atoms with van der Waals surface area (Å²) in [7, 11) is -2.14. The molecule has 0 aliphatic heterocycles. The molecule has 0 radical (unpaired) electrons. The first-order valence-electron chi connectivity index (χ1n) is 10.1. The third-order valence-corrected chi connectivity index (χ3v) is 6.58. The van der Waals surface area contributed by atoms with Crippen LogP contribution >= 0.6 is 0 Å². The summed E-state index contributed by atoms with van der Waals surface area (Å²) in [6.45, 7) is 0.00808. The van der Waals surface area contributed by atoms with Crippen molar-refractivity contribution in [2.75, 3.05) is 19.0 Å². The molecule has 0 spiro atoms. The van der Waals surface area contributed by atoms with E-state index < -0.39 is 15.9 Å². The van der Waals surface area contributed by atoms with Crippen LogP contribution in [0.4, 0.5) is 5.69 Å². The number of nitrogens with two attached hydrogens (primary N) is 1. The third kappa shape index (κ3) is 6.90. The molecule has 0 unspecified atom stereocenters. The monoisotopic (exact) mass is 467 g/mol. The van der Waals surface area contributed by atoms with Gasteiger partial charge in [-0.15, -0.1) is 0 Å². The molecule has 0 atom stereocenters. The lowest BCUT2D eigenvalue weighted by atomic mass is 10.1. The lowest BCUT2D eigenvalue weighted by Gasteiger charge is -2.17. The number of amides is 2. The fraction of sp³-hybridized carbons (Fsp3) is 0.167. The first kappa shape index (κ1) is 24.0. The molecule has 8 nitrogen and oxygen atoms in total. The van der Waals surface area contributed by atoms with E-state index in [9.17, 15) is 18.0 Å². The number of carbonyl (C=O) groups is 2. The Morgan fingerprint density at radius 3 is 2.15 bits per heavy atom. The van der Waals surface area contributed by atoms with Crippen LogP contribution in [0.25, 0.3) is 0 Å². The second kappa shape index (κ2) is 10.8. The number of hydrogen-bond acceptors (Lipinski definition) is 5. The fourth-order valence-corrected chi connectivity index (χ4v) is 4.23. The molecule has 0 saturated heterocycles. The standard InChI is InChI=1S/C24H25N3O5S/c1-27(16-19-5-3-2-4-6-19)33(30,31)22-13-11-21(12-14-22)32-17-24(29)26-20-9-7-18(8-10-20)15-23(25)28/h2-14H,15-17H2,1H3,(H2,25,28)(H,26,29). The van der Waals surface area contributed by atoms with Gasteiger partial charge in [-0.05, 0) is 47.5 Å². The molecule has 9 heteroatoms. The van der Waals surface area contributed by atoms with Gasteiger partial charge in [0.1, 0.15) is 5.75 Å². The second-order valence-electron chi connectivity index (χ2n) is 7.39. The first-order valence-corrected chi connectivity index (χ1v) is 11.6. The maximum Gasteiger partial charge on any atom is 0.262 e. The van der Waals surface area contributed by atoms with Gasteiger partial charge >= 0.3 is 0 Å². The quantitative estimate of drug-likeness (QED) is 0.475. The fourth-order valence-electron chi connectivity index (χ4n) is 3.07. The third-order valence-electron chi connectivity index (χ3n) is 4.77. The average Bonchev–Trinajstić information content (AvgIpc) is 2.79. The number of primary amides is 1. The van der Waals surface area contributed by atoms with Crippen molar-refractivity contribution < 1.29 is 22.7 Å². The van der Waals surface area contributed by atoms with Gasteiger partial charge in [0.2, 0.25) is 15.9 Å². The molecular formula is C24H25N3O5S. The molecule has 3 aromatic carbocycles. The van der Waals surface area contributed by atoms with Crippen LogP contribution in [0.5, 0.6) is 5.75 Å². The van der Waals surface area contributed by atoms with Crippen molar-refractivity contribution in [3.63, 3.8) is 0 Å². The van der Waals surface area contributed by atoms with Crippen LogP contribution in [0.2, 0.25) is 0 Å². The van der Waals surface area contributed by atoms with Gasteiger partial charge in [0, 0.05) is 19.3 Å². The molecule has 0 aliphatic carbocycles. The van der Waals surface area contributed by atoms with Crippen LogP contribution in [0, 0.1) is 0 Å². The predicted molar refractivity (Wildman–Crippen MR) is 125 cm³/mol. The molecule has 0 heterocycles. The second-order valence-corrected chi connectivity index (χ2v) is 9.44. The Bertz CT molecular complexity index is 1200. The highest BCUT2D eigenvalue weighted by molar-refractivity contribution is 7.89. The number of ether oxygens (including phenoxy) is 1. The van der Waals surface area contributed by atoms with E-state index in [1.807, 2.05) is 30.3 Å². The van der Waals surface area contributed by atoms with Gasteiger partial charge in [0.25, 0.3) is 5.91 Å². The van der Waals surface area contributed by atoms with E-state index in [2.05, 4.69) is 5.32 Å². The molecule has 2 amide bonds. The average molecular weight is 468 g/mol. The van der Waals surface area contributed by atoms with Crippen LogP contribution in [0.15, 0.2) is 83.8 Å². The number of anilines is 1. The molecule has 0 saturated carbocycles. The molecule has 3 aromatic rings. The Hall–Kier alpha value is -3.69. The zero-order valence-corrected chi connectivity index (χ0v) is 18.9. The van der Waals surface area contributed by atoms with E-state index in [-0.39, 0.29) is 30.4 Å². The minimum absolute atomic E-state index is 0.130. The van der Waals surface area contributed by atoms with Crippen molar-refractivity contribution in [1.82, 2.24) is 4.31 Å². The number of nitrogens with one attached hydrogen (secondary N) is 1. The minimum Gasteiger partial charge on any atom is -0.484 e. The van der Waals surface area contributed by atoms with Crippen LogP contribution in [0.3, 0.4) is 0 Å². The molecule has 3 rings (SSSR count). The predicted octanol–water partition coefficient (Wildman–Crippen LogP) is 2.55. The van der Waals surface area contributed by atoms with Crippen molar-refractivity contribution in [1.29, 1.82) is 0 Å². The van der Waals surface area contributed by atoms with Gasteiger partial charge < -0.3 is 15.8 Å². The SMILES string of the molecule is CN(Cc1ccccc1)S(=O)(=O)c1ccc(OCC(=O)Nc2ccc(CC(N)=O)cc2)cc1. The Kier molecular flexibility index (Phi) is 7.81. The largest absolute Gasteiger partial charge is 0.484 e. The van der Waals surface area contributed by atoms with E-state index >= 15 is 0 Å². The topological polar surface area (TPSA) is 119 Å². The van der Waals surface area contributed by atoms with Crippen LogP contribution in [-0.2, 0) is 32.6 Å². The summed E-state index contributed by atoms with van der Waals surface area (Å²) >= 11 is 0. The van der Waals surface area contributed by atoms with Gasteiger partial charge in [-0.1, -0.05) is 42.5 Å². The molecule has 172 valence electrons. The maximum atomic E-state index is 12.8.